The Morgan fingerprint density at radius 3 is 2.91 bits per heavy atom. The van der Waals surface area contributed by atoms with Crippen molar-refractivity contribution in [3.05, 3.63) is 11.3 Å². The number of hydrogen-bond donors (Lipinski definition) is 3. The maximum atomic E-state index is 11.9. The monoisotopic (exact) mass is 328 g/mol. The van der Waals surface area contributed by atoms with Crippen molar-refractivity contribution in [2.45, 2.75) is 30.4 Å². The van der Waals surface area contributed by atoms with Gasteiger partial charge in [-0.15, -0.1) is 11.8 Å². The van der Waals surface area contributed by atoms with E-state index in [-0.39, 0.29) is 23.1 Å². The molecule has 4 unspecified atom stereocenters. The highest BCUT2D eigenvalue weighted by Gasteiger charge is 2.52. The van der Waals surface area contributed by atoms with Crippen molar-refractivity contribution in [3.63, 3.8) is 0 Å². The summed E-state index contributed by atoms with van der Waals surface area (Å²) in [5, 5.41) is 19.2. The number of β-lactam (4-membered cyclic amide) rings is 1. The van der Waals surface area contributed by atoms with E-state index >= 15 is 0 Å². The maximum absolute atomic E-state index is 11.9. The Morgan fingerprint density at radius 1 is 1.55 bits per heavy atom. The number of carbonyl (C=O) groups excluding carboxylic acids is 1. The first-order chi connectivity index (χ1) is 10.3. The normalized spacial score (nSPS) is 38.6. The second-order valence-corrected chi connectivity index (χ2v) is 7.78. The number of likely N-dealkylation sites (tertiary alicyclic amines) is 1. The summed E-state index contributed by atoms with van der Waals surface area (Å²) < 4.78 is 0.618. The van der Waals surface area contributed by atoms with Gasteiger partial charge in [0, 0.05) is 11.3 Å². The fourth-order valence-corrected chi connectivity index (χ4v) is 4.99. The first-order valence-corrected chi connectivity index (χ1v) is 8.54. The van der Waals surface area contributed by atoms with Crippen LogP contribution in [0.25, 0.3) is 0 Å². The molecular formula is C14H22N3O4S+. The number of amides is 1. The van der Waals surface area contributed by atoms with Crippen molar-refractivity contribution < 1.29 is 24.3 Å². The van der Waals surface area contributed by atoms with Crippen LogP contribution in [-0.4, -0.2) is 81.4 Å². The van der Waals surface area contributed by atoms with Gasteiger partial charge in [-0.1, -0.05) is 0 Å². The maximum Gasteiger partial charge on any atom is 0.352 e. The number of likely N-dealkylation sites (N-methyl/N-ethyl adjacent to an activating group) is 1. The van der Waals surface area contributed by atoms with Crippen LogP contribution in [0.5, 0.6) is 0 Å². The number of carbonyl (C=O) groups is 2. The van der Waals surface area contributed by atoms with E-state index in [1.165, 1.54) is 16.7 Å². The van der Waals surface area contributed by atoms with E-state index in [0.29, 0.717) is 23.3 Å². The summed E-state index contributed by atoms with van der Waals surface area (Å²) in [5.74, 6) is -0.800. The Kier molecular flexibility index (Phi) is 3.96. The van der Waals surface area contributed by atoms with E-state index in [1.54, 1.807) is 0 Å². The van der Waals surface area contributed by atoms with Crippen LogP contribution >= 0.6 is 11.8 Å². The van der Waals surface area contributed by atoms with Gasteiger partial charge in [0.2, 0.25) is 5.91 Å². The molecule has 0 spiro atoms. The molecule has 2 fully saturated rings. The Balaban J connectivity index is 1.87. The molecule has 3 heterocycles. The van der Waals surface area contributed by atoms with Gasteiger partial charge in [-0.2, -0.15) is 0 Å². The van der Waals surface area contributed by atoms with Crippen LogP contribution in [0.4, 0.5) is 0 Å². The average Bonchev–Trinajstić information content (AvgIpc) is 2.45. The lowest BCUT2D eigenvalue weighted by molar-refractivity contribution is -0.912. The molecule has 3 aliphatic heterocycles. The second kappa shape index (κ2) is 5.52. The van der Waals surface area contributed by atoms with E-state index in [9.17, 15) is 19.8 Å². The molecule has 0 aromatic rings. The van der Waals surface area contributed by atoms with Crippen LogP contribution in [0.15, 0.2) is 11.3 Å². The minimum Gasteiger partial charge on any atom is -0.477 e. The number of quaternary nitrogens is 1. The van der Waals surface area contributed by atoms with Crippen LogP contribution in [-0.2, 0) is 9.59 Å². The fraction of sp³-hybridized carbons (Fsp3) is 0.714. The van der Waals surface area contributed by atoms with Crippen LogP contribution in [0, 0.1) is 0 Å². The van der Waals surface area contributed by atoms with Gasteiger partial charge in [-0.05, 0) is 12.8 Å². The molecule has 4 atom stereocenters. The predicted molar refractivity (Wildman–Crippen MR) is 81.8 cm³/mol. The third-order valence-corrected chi connectivity index (χ3v) is 6.11. The number of piperidine rings is 1. The molecule has 4 N–H and O–H groups in total. The predicted octanol–water partition coefficient (Wildman–Crippen LogP) is -0.831. The van der Waals surface area contributed by atoms with Crippen molar-refractivity contribution in [1.29, 1.82) is 0 Å². The summed E-state index contributed by atoms with van der Waals surface area (Å²) in [6.07, 6.45) is 1.39. The van der Waals surface area contributed by atoms with E-state index in [2.05, 4.69) is 0 Å². The highest BCUT2D eigenvalue weighted by Crippen LogP contribution is 2.40. The smallest absolute Gasteiger partial charge is 0.352 e. The quantitative estimate of drug-likeness (QED) is 0.461. The molecule has 122 valence electrons. The highest BCUT2D eigenvalue weighted by molar-refractivity contribution is 8.00. The number of nitrogens with zero attached hydrogens (tertiary/aromatic N) is 2. The molecule has 1 amide bonds. The number of aliphatic carboxylic acids is 1. The molecule has 8 heteroatoms. The van der Waals surface area contributed by atoms with Crippen LogP contribution in [0.3, 0.4) is 0 Å². The third-order valence-electron chi connectivity index (χ3n) is 4.75. The molecule has 0 radical (unpaired) electrons. The Labute approximate surface area is 133 Å². The summed E-state index contributed by atoms with van der Waals surface area (Å²) in [5.41, 5.74) is 6.62. The lowest BCUT2D eigenvalue weighted by Gasteiger charge is -2.49. The molecule has 0 aromatic carbocycles. The van der Waals surface area contributed by atoms with E-state index < -0.39 is 12.0 Å². The zero-order chi connectivity index (χ0) is 16.1. The molecule has 2 saturated heterocycles. The lowest BCUT2D eigenvalue weighted by atomic mass is 10.0. The molecule has 22 heavy (non-hydrogen) atoms. The minimum atomic E-state index is -1.07. The molecule has 3 rings (SSSR count). The summed E-state index contributed by atoms with van der Waals surface area (Å²) >= 11 is 1.53. The molecule has 3 aliphatic rings. The van der Waals surface area contributed by atoms with Gasteiger partial charge >= 0.3 is 5.97 Å². The highest BCUT2D eigenvalue weighted by atomic mass is 32.2. The molecule has 0 aliphatic carbocycles. The largest absolute Gasteiger partial charge is 0.477 e. The van der Waals surface area contributed by atoms with Crippen LogP contribution in [0.2, 0.25) is 0 Å². The number of aliphatic hydroxyl groups is 1. The number of nitrogens with two attached hydrogens (primary N) is 1. The number of carboxylic acid groups (broad SMARTS) is 1. The Morgan fingerprint density at radius 2 is 2.27 bits per heavy atom. The topological polar surface area (TPSA) is 104 Å². The number of rotatable bonds is 3. The molecule has 0 bridgehead atoms. The number of thioether (sulfide) groups is 1. The zero-order valence-corrected chi connectivity index (χ0v) is 13.4. The first kappa shape index (κ1) is 15.8. The average molecular weight is 328 g/mol. The molecule has 7 nitrogen and oxygen atoms in total. The first-order valence-electron chi connectivity index (χ1n) is 7.49. The number of hydrogen-bond acceptors (Lipinski definition) is 5. The number of aliphatic hydroxyl groups excluding tert-OH is 1. The van der Waals surface area contributed by atoms with Crippen LogP contribution in [0.1, 0.15) is 12.8 Å². The number of fused-ring (bicyclic) bond motifs is 1. The van der Waals surface area contributed by atoms with Crippen molar-refractivity contribution in [3.8, 4) is 0 Å². The SMILES string of the molecule is C[N+]1(CC2=C(C(=O)O)N3C(=O)C(N)C3SC2)CCCC(O)C1. The van der Waals surface area contributed by atoms with Gasteiger partial charge in [-0.3, -0.25) is 9.69 Å². The lowest BCUT2D eigenvalue weighted by Crippen LogP contribution is -2.69. The zero-order valence-electron chi connectivity index (χ0n) is 12.6. The summed E-state index contributed by atoms with van der Waals surface area (Å²) in [6, 6.07) is -0.595. The van der Waals surface area contributed by atoms with E-state index in [0.717, 1.165) is 25.0 Å². The van der Waals surface area contributed by atoms with Gasteiger partial charge in [0.25, 0.3) is 0 Å². The van der Waals surface area contributed by atoms with E-state index in [1.807, 2.05) is 7.05 Å². The summed E-state index contributed by atoms with van der Waals surface area (Å²) in [7, 11) is 2.04. The van der Waals surface area contributed by atoms with Gasteiger partial charge in [0.1, 0.15) is 36.3 Å². The molecule has 0 saturated carbocycles. The van der Waals surface area contributed by atoms with Crippen molar-refractivity contribution >= 4 is 23.6 Å². The number of carboxylic acids is 1. The van der Waals surface area contributed by atoms with Crippen molar-refractivity contribution in [1.82, 2.24) is 4.90 Å². The van der Waals surface area contributed by atoms with Gasteiger partial charge in [0.05, 0.1) is 13.6 Å². The third kappa shape index (κ3) is 2.54. The van der Waals surface area contributed by atoms with Crippen molar-refractivity contribution in [2.75, 3.05) is 32.4 Å². The molecular weight excluding hydrogens is 306 g/mol. The standard InChI is InChI=1S/C14H21N3O4S/c1-17(4-2-3-9(18)6-17)5-8-7-22-13-10(15)12(19)16(13)11(8)14(20)21/h9-10,13,18H,2-7,15H2,1H3/p+1. The van der Waals surface area contributed by atoms with Gasteiger partial charge < -0.3 is 20.4 Å². The van der Waals surface area contributed by atoms with E-state index in [4.69, 9.17) is 5.73 Å². The van der Waals surface area contributed by atoms with Crippen molar-refractivity contribution in [2.24, 2.45) is 5.73 Å². The van der Waals surface area contributed by atoms with Crippen LogP contribution < -0.4 is 5.73 Å². The fourth-order valence-electron chi connectivity index (χ4n) is 3.71. The summed E-state index contributed by atoms with van der Waals surface area (Å²) in [4.78, 5) is 24.9. The Bertz CT molecular complexity index is 552. The van der Waals surface area contributed by atoms with Gasteiger partial charge in [-0.25, -0.2) is 4.79 Å². The Hall–Kier alpha value is -1.09. The second-order valence-electron chi connectivity index (χ2n) is 6.67. The minimum absolute atomic E-state index is 0.106. The van der Waals surface area contributed by atoms with Gasteiger partial charge in [0.15, 0.2) is 0 Å². The summed E-state index contributed by atoms with van der Waals surface area (Å²) in [6.45, 7) is 2.09. The molecule has 0 aromatic heterocycles.